The Bertz CT molecular complexity index is 265. The molecule has 124 valence electrons. The summed E-state index contributed by atoms with van der Waals surface area (Å²) in [6.45, 7) is 9.42. The lowest BCUT2D eigenvalue weighted by molar-refractivity contribution is 0.00742. The Balaban J connectivity index is 1.52. The summed E-state index contributed by atoms with van der Waals surface area (Å²) in [4.78, 5) is 2.59. The van der Waals surface area contributed by atoms with E-state index in [1.807, 2.05) is 0 Å². The zero-order valence-corrected chi connectivity index (χ0v) is 13.6. The van der Waals surface area contributed by atoms with Gasteiger partial charge in [-0.1, -0.05) is 0 Å². The predicted octanol–water partition coefficient (Wildman–Crippen LogP) is 1.13. The Morgan fingerprint density at radius 2 is 1.76 bits per heavy atom. The van der Waals surface area contributed by atoms with Crippen molar-refractivity contribution in [1.82, 2.24) is 10.2 Å². The Labute approximate surface area is 129 Å². The summed E-state index contributed by atoms with van der Waals surface area (Å²) in [5.74, 6) is 0. The van der Waals surface area contributed by atoms with Gasteiger partial charge in [0.2, 0.25) is 0 Å². The fourth-order valence-electron chi connectivity index (χ4n) is 3.54. The Morgan fingerprint density at radius 3 is 2.52 bits per heavy atom. The summed E-state index contributed by atoms with van der Waals surface area (Å²) in [6.07, 6.45) is 5.46. The average molecular weight is 300 g/mol. The molecule has 0 bridgehead atoms. The Kier molecular flexibility index (Phi) is 7.96. The highest BCUT2D eigenvalue weighted by Crippen LogP contribution is 2.35. The summed E-state index contributed by atoms with van der Waals surface area (Å²) in [5.41, 5.74) is 0.541. The molecule has 2 rings (SSSR count). The van der Waals surface area contributed by atoms with Crippen molar-refractivity contribution in [1.29, 1.82) is 0 Å². The molecular formula is C16H32N2O3. The quantitative estimate of drug-likeness (QED) is 0.647. The van der Waals surface area contributed by atoms with E-state index in [4.69, 9.17) is 14.2 Å². The number of hydrogen-bond donors (Lipinski definition) is 1. The molecule has 1 N–H and O–H groups in total. The molecule has 2 aliphatic rings. The van der Waals surface area contributed by atoms with E-state index in [2.05, 4.69) is 10.2 Å². The molecule has 5 heteroatoms. The van der Waals surface area contributed by atoms with Crippen LogP contribution in [0.25, 0.3) is 0 Å². The second-order valence-electron chi connectivity index (χ2n) is 6.38. The van der Waals surface area contributed by atoms with Crippen LogP contribution < -0.4 is 5.32 Å². The van der Waals surface area contributed by atoms with Crippen molar-refractivity contribution in [2.45, 2.75) is 25.7 Å². The van der Waals surface area contributed by atoms with Crippen molar-refractivity contribution < 1.29 is 14.2 Å². The van der Waals surface area contributed by atoms with Crippen LogP contribution in [0.1, 0.15) is 25.7 Å². The van der Waals surface area contributed by atoms with Gasteiger partial charge in [0, 0.05) is 26.7 Å². The molecule has 0 aromatic carbocycles. The van der Waals surface area contributed by atoms with Crippen molar-refractivity contribution in [3.63, 3.8) is 0 Å². The number of rotatable bonds is 9. The highest BCUT2D eigenvalue weighted by Gasteiger charge is 2.36. The van der Waals surface area contributed by atoms with E-state index >= 15 is 0 Å². The molecule has 2 aliphatic heterocycles. The van der Waals surface area contributed by atoms with Gasteiger partial charge in [-0.25, -0.2) is 0 Å². The predicted molar refractivity (Wildman–Crippen MR) is 83.7 cm³/mol. The van der Waals surface area contributed by atoms with Crippen LogP contribution in [0.5, 0.6) is 0 Å². The molecule has 0 saturated carbocycles. The van der Waals surface area contributed by atoms with E-state index in [0.717, 1.165) is 13.2 Å². The third-order valence-corrected chi connectivity index (χ3v) is 4.66. The molecule has 0 radical (unpaired) electrons. The van der Waals surface area contributed by atoms with Crippen LogP contribution >= 0.6 is 0 Å². The van der Waals surface area contributed by atoms with Gasteiger partial charge in [0.05, 0.1) is 33.0 Å². The maximum atomic E-state index is 5.67. The van der Waals surface area contributed by atoms with Gasteiger partial charge in [-0.15, -0.1) is 0 Å². The molecule has 21 heavy (non-hydrogen) atoms. The molecule has 2 saturated heterocycles. The van der Waals surface area contributed by atoms with E-state index in [0.29, 0.717) is 31.8 Å². The highest BCUT2D eigenvalue weighted by atomic mass is 16.5. The lowest BCUT2D eigenvalue weighted by atomic mass is 9.74. The van der Waals surface area contributed by atoms with E-state index in [9.17, 15) is 0 Å². The first kappa shape index (κ1) is 17.2. The average Bonchev–Trinajstić information content (AvgIpc) is 2.51. The molecule has 0 aromatic rings. The summed E-state index contributed by atoms with van der Waals surface area (Å²) >= 11 is 0. The molecule has 0 aliphatic carbocycles. The van der Waals surface area contributed by atoms with Crippen molar-refractivity contribution in [2.24, 2.45) is 5.41 Å². The van der Waals surface area contributed by atoms with Crippen LogP contribution in [-0.4, -0.2) is 77.8 Å². The number of nitrogens with zero attached hydrogens (tertiary/aromatic N) is 1. The maximum absolute atomic E-state index is 5.67. The van der Waals surface area contributed by atoms with Gasteiger partial charge < -0.3 is 24.4 Å². The number of likely N-dealkylation sites (tertiary alicyclic amines) is 1. The van der Waals surface area contributed by atoms with Crippen molar-refractivity contribution in [2.75, 3.05) is 72.9 Å². The smallest absolute Gasteiger partial charge is 0.0701 e. The summed E-state index contributed by atoms with van der Waals surface area (Å²) < 4.78 is 16.0. The van der Waals surface area contributed by atoms with E-state index < -0.39 is 0 Å². The van der Waals surface area contributed by atoms with Gasteiger partial charge in [-0.3, -0.25) is 0 Å². The van der Waals surface area contributed by atoms with E-state index in [1.165, 1.54) is 51.9 Å². The number of hydrogen-bond acceptors (Lipinski definition) is 5. The standard InChI is InChI=1S/C16H32N2O3/c1-19-10-11-21-13-12-20-9-8-18-7-3-5-16(15-18)4-2-6-17-14-16/h17H,2-15H2,1H3. The summed E-state index contributed by atoms with van der Waals surface area (Å²) in [7, 11) is 1.69. The molecule has 1 atom stereocenters. The lowest BCUT2D eigenvalue weighted by Gasteiger charge is -2.45. The zero-order valence-electron chi connectivity index (χ0n) is 13.6. The molecule has 0 amide bonds. The normalized spacial score (nSPS) is 27.3. The van der Waals surface area contributed by atoms with Gasteiger partial charge in [0.15, 0.2) is 0 Å². The number of ether oxygens (including phenoxy) is 3. The zero-order chi connectivity index (χ0) is 14.8. The van der Waals surface area contributed by atoms with Gasteiger partial charge in [0.1, 0.15) is 0 Å². The van der Waals surface area contributed by atoms with E-state index in [1.54, 1.807) is 7.11 Å². The fourth-order valence-corrected chi connectivity index (χ4v) is 3.54. The third-order valence-electron chi connectivity index (χ3n) is 4.66. The number of nitrogens with one attached hydrogen (secondary N) is 1. The van der Waals surface area contributed by atoms with Crippen molar-refractivity contribution >= 4 is 0 Å². The minimum Gasteiger partial charge on any atom is -0.382 e. The summed E-state index contributed by atoms with van der Waals surface area (Å²) in [5, 5.41) is 3.58. The largest absolute Gasteiger partial charge is 0.382 e. The lowest BCUT2D eigenvalue weighted by Crippen LogP contribution is -2.51. The highest BCUT2D eigenvalue weighted by molar-refractivity contribution is 4.91. The molecule has 0 aromatic heterocycles. The molecular weight excluding hydrogens is 268 g/mol. The van der Waals surface area contributed by atoms with Gasteiger partial charge in [-0.05, 0) is 44.2 Å². The fraction of sp³-hybridized carbons (Fsp3) is 1.00. The van der Waals surface area contributed by atoms with Gasteiger partial charge in [0.25, 0.3) is 0 Å². The monoisotopic (exact) mass is 300 g/mol. The maximum Gasteiger partial charge on any atom is 0.0701 e. The second kappa shape index (κ2) is 9.74. The van der Waals surface area contributed by atoms with Crippen molar-refractivity contribution in [3.8, 4) is 0 Å². The van der Waals surface area contributed by atoms with Gasteiger partial charge in [-0.2, -0.15) is 0 Å². The van der Waals surface area contributed by atoms with Gasteiger partial charge >= 0.3 is 0 Å². The summed E-state index contributed by atoms with van der Waals surface area (Å²) in [6, 6.07) is 0. The van der Waals surface area contributed by atoms with Crippen LogP contribution in [0.15, 0.2) is 0 Å². The minimum absolute atomic E-state index is 0.541. The Hall–Kier alpha value is -0.200. The first-order chi connectivity index (χ1) is 10.3. The molecule has 2 heterocycles. The minimum atomic E-state index is 0.541. The topological polar surface area (TPSA) is 43.0 Å². The van der Waals surface area contributed by atoms with Crippen molar-refractivity contribution in [3.05, 3.63) is 0 Å². The first-order valence-electron chi connectivity index (χ1n) is 8.42. The van der Waals surface area contributed by atoms with Crippen LogP contribution in [-0.2, 0) is 14.2 Å². The first-order valence-corrected chi connectivity index (χ1v) is 8.42. The van der Waals surface area contributed by atoms with Crippen LogP contribution in [0.2, 0.25) is 0 Å². The molecule has 2 fully saturated rings. The third kappa shape index (κ3) is 6.20. The van der Waals surface area contributed by atoms with Crippen LogP contribution in [0.4, 0.5) is 0 Å². The number of piperidine rings is 2. The second-order valence-corrected chi connectivity index (χ2v) is 6.38. The number of methoxy groups -OCH3 is 1. The Morgan fingerprint density at radius 1 is 1.00 bits per heavy atom. The van der Waals surface area contributed by atoms with E-state index in [-0.39, 0.29) is 0 Å². The molecule has 1 unspecified atom stereocenters. The van der Waals surface area contributed by atoms with Crippen LogP contribution in [0.3, 0.4) is 0 Å². The molecule has 5 nitrogen and oxygen atoms in total. The SMILES string of the molecule is COCCOCCOCCN1CCCC2(CCCNC2)C1. The van der Waals surface area contributed by atoms with Crippen LogP contribution in [0, 0.1) is 5.41 Å². The molecule has 1 spiro atoms.